The van der Waals surface area contributed by atoms with Crippen LogP contribution in [0.15, 0.2) is 41.4 Å². The quantitative estimate of drug-likeness (QED) is 0.757. The molecule has 1 fully saturated rings. The number of hydrogen-bond donors (Lipinski definition) is 0. The molecular weight excluding hydrogens is 372 g/mol. The van der Waals surface area contributed by atoms with Crippen LogP contribution in [0.5, 0.6) is 0 Å². The minimum absolute atomic E-state index is 0.300. The Balaban J connectivity index is 1.84. The van der Waals surface area contributed by atoms with Gasteiger partial charge in [0.25, 0.3) is 11.8 Å². The minimum Gasteiger partial charge on any atom is -0.378 e. The molecule has 134 valence electrons. The van der Waals surface area contributed by atoms with Crippen LogP contribution in [-0.4, -0.2) is 43.0 Å². The Bertz CT molecular complexity index is 902. The first-order valence-corrected chi connectivity index (χ1v) is 9.59. The SMILES string of the molecule is Cc1ccc(Cl)cc1N1C(=O)C(c2cccs2)=C(N2CCOCC2)C1=O. The van der Waals surface area contributed by atoms with Gasteiger partial charge < -0.3 is 9.64 Å². The van der Waals surface area contributed by atoms with Crippen LogP contribution in [0.3, 0.4) is 0 Å². The molecule has 0 radical (unpaired) electrons. The predicted molar refractivity (Wildman–Crippen MR) is 102 cm³/mol. The van der Waals surface area contributed by atoms with Crippen LogP contribution in [0.4, 0.5) is 5.69 Å². The molecule has 2 aliphatic rings. The summed E-state index contributed by atoms with van der Waals surface area (Å²) in [5.41, 5.74) is 2.28. The van der Waals surface area contributed by atoms with Crippen molar-refractivity contribution in [1.29, 1.82) is 0 Å². The van der Waals surface area contributed by atoms with Gasteiger partial charge in [0.05, 0.1) is 24.5 Å². The second-order valence-corrected chi connectivity index (χ2v) is 7.56. The summed E-state index contributed by atoms with van der Waals surface area (Å²) in [6, 6.07) is 8.99. The highest BCUT2D eigenvalue weighted by Gasteiger charge is 2.43. The lowest BCUT2D eigenvalue weighted by Crippen LogP contribution is -2.40. The number of nitrogens with zero attached hydrogens (tertiary/aromatic N) is 2. The molecule has 3 heterocycles. The van der Waals surface area contributed by atoms with E-state index in [1.54, 1.807) is 12.1 Å². The standard InChI is InChI=1S/C19H17ClN2O3S/c1-12-4-5-13(20)11-14(12)22-18(23)16(15-3-2-10-26-15)17(19(22)24)21-6-8-25-9-7-21/h2-5,10-11H,6-9H2,1H3. The average Bonchev–Trinajstić information content (AvgIpc) is 3.24. The molecule has 0 unspecified atom stereocenters. The smallest absolute Gasteiger partial charge is 0.282 e. The fraction of sp³-hybridized carbons (Fsp3) is 0.263. The zero-order chi connectivity index (χ0) is 18.3. The van der Waals surface area contributed by atoms with Crippen LogP contribution < -0.4 is 4.90 Å². The molecule has 1 saturated heterocycles. The number of benzene rings is 1. The normalized spacial score (nSPS) is 18.2. The number of amides is 2. The number of thiophene rings is 1. The number of morpholine rings is 1. The molecule has 0 aliphatic carbocycles. The Hall–Kier alpha value is -2.15. The number of rotatable bonds is 3. The van der Waals surface area contributed by atoms with E-state index in [1.807, 2.05) is 35.4 Å². The summed E-state index contributed by atoms with van der Waals surface area (Å²) in [5, 5.41) is 2.40. The van der Waals surface area contributed by atoms with Crippen LogP contribution in [0.2, 0.25) is 5.02 Å². The van der Waals surface area contributed by atoms with E-state index in [0.29, 0.717) is 48.3 Å². The summed E-state index contributed by atoms with van der Waals surface area (Å²) in [6.07, 6.45) is 0. The van der Waals surface area contributed by atoms with Crippen molar-refractivity contribution in [3.8, 4) is 0 Å². The van der Waals surface area contributed by atoms with Gasteiger partial charge >= 0.3 is 0 Å². The maximum Gasteiger partial charge on any atom is 0.282 e. The number of aryl methyl sites for hydroxylation is 1. The summed E-state index contributed by atoms with van der Waals surface area (Å²) < 4.78 is 5.40. The number of hydrogen-bond acceptors (Lipinski definition) is 5. The Kier molecular flexibility index (Phi) is 4.56. The van der Waals surface area contributed by atoms with Crippen LogP contribution in [0.1, 0.15) is 10.4 Å². The van der Waals surface area contributed by atoms with E-state index in [1.165, 1.54) is 16.2 Å². The second-order valence-electron chi connectivity index (χ2n) is 6.18. The van der Waals surface area contributed by atoms with E-state index in [-0.39, 0.29) is 11.8 Å². The molecule has 0 bridgehead atoms. The van der Waals surface area contributed by atoms with Crippen molar-refractivity contribution >= 4 is 46.0 Å². The van der Waals surface area contributed by atoms with E-state index >= 15 is 0 Å². The number of halogens is 1. The van der Waals surface area contributed by atoms with Gasteiger partial charge in [-0.2, -0.15) is 0 Å². The molecule has 2 aliphatic heterocycles. The third kappa shape index (κ3) is 2.84. The number of carbonyl (C=O) groups is 2. The first kappa shape index (κ1) is 17.3. The Morgan fingerprint density at radius 2 is 1.88 bits per heavy atom. The van der Waals surface area contributed by atoms with Crippen molar-refractivity contribution in [2.75, 3.05) is 31.2 Å². The average molecular weight is 389 g/mol. The summed E-state index contributed by atoms with van der Waals surface area (Å²) in [7, 11) is 0. The summed E-state index contributed by atoms with van der Waals surface area (Å²) >= 11 is 7.58. The largest absolute Gasteiger partial charge is 0.378 e. The fourth-order valence-corrected chi connectivity index (χ4v) is 4.21. The Morgan fingerprint density at radius 3 is 2.58 bits per heavy atom. The second kappa shape index (κ2) is 6.87. The molecular formula is C19H17ClN2O3S. The molecule has 1 aromatic carbocycles. The van der Waals surface area contributed by atoms with Crippen molar-refractivity contribution in [3.63, 3.8) is 0 Å². The molecule has 0 N–H and O–H groups in total. The van der Waals surface area contributed by atoms with Gasteiger partial charge in [-0.15, -0.1) is 11.3 Å². The molecule has 0 spiro atoms. The lowest BCUT2D eigenvalue weighted by atomic mass is 10.1. The number of carbonyl (C=O) groups excluding carboxylic acids is 2. The third-order valence-corrected chi connectivity index (χ3v) is 5.69. The Labute approximate surface area is 160 Å². The van der Waals surface area contributed by atoms with Crippen molar-refractivity contribution < 1.29 is 14.3 Å². The van der Waals surface area contributed by atoms with Gasteiger partial charge in [0.2, 0.25) is 0 Å². The van der Waals surface area contributed by atoms with Gasteiger partial charge in [0.1, 0.15) is 5.70 Å². The number of anilines is 1. The van der Waals surface area contributed by atoms with E-state index in [9.17, 15) is 9.59 Å². The summed E-state index contributed by atoms with van der Waals surface area (Å²) in [5.74, 6) is -0.602. The van der Waals surface area contributed by atoms with E-state index < -0.39 is 0 Å². The van der Waals surface area contributed by atoms with Crippen LogP contribution in [0, 0.1) is 6.92 Å². The minimum atomic E-state index is -0.302. The maximum atomic E-state index is 13.3. The zero-order valence-electron chi connectivity index (χ0n) is 14.2. The molecule has 0 atom stereocenters. The molecule has 0 saturated carbocycles. The number of ether oxygens (including phenoxy) is 1. The Morgan fingerprint density at radius 1 is 1.12 bits per heavy atom. The van der Waals surface area contributed by atoms with Crippen molar-refractivity contribution in [2.24, 2.45) is 0 Å². The summed E-state index contributed by atoms with van der Waals surface area (Å²) in [6.45, 7) is 4.12. The van der Waals surface area contributed by atoms with Crippen molar-refractivity contribution in [3.05, 3.63) is 56.9 Å². The van der Waals surface area contributed by atoms with Gasteiger partial charge in [-0.05, 0) is 36.1 Å². The van der Waals surface area contributed by atoms with Gasteiger partial charge in [-0.3, -0.25) is 9.59 Å². The van der Waals surface area contributed by atoms with Gasteiger partial charge in [0.15, 0.2) is 0 Å². The lowest BCUT2D eigenvalue weighted by Gasteiger charge is -2.29. The number of imide groups is 1. The predicted octanol–water partition coefficient (Wildman–Crippen LogP) is 3.33. The van der Waals surface area contributed by atoms with Gasteiger partial charge in [0, 0.05) is 23.0 Å². The topological polar surface area (TPSA) is 49.9 Å². The highest BCUT2D eigenvalue weighted by Crippen LogP contribution is 2.38. The lowest BCUT2D eigenvalue weighted by molar-refractivity contribution is -0.121. The molecule has 4 rings (SSSR count). The molecule has 2 aromatic rings. The molecule has 2 amide bonds. The van der Waals surface area contributed by atoms with Crippen molar-refractivity contribution in [1.82, 2.24) is 4.90 Å². The van der Waals surface area contributed by atoms with Crippen LogP contribution >= 0.6 is 22.9 Å². The van der Waals surface area contributed by atoms with E-state index in [0.717, 1.165) is 10.4 Å². The summed E-state index contributed by atoms with van der Waals surface area (Å²) in [4.78, 5) is 30.6. The van der Waals surface area contributed by atoms with E-state index in [2.05, 4.69) is 0 Å². The third-order valence-electron chi connectivity index (χ3n) is 4.57. The molecule has 26 heavy (non-hydrogen) atoms. The first-order chi connectivity index (χ1) is 12.6. The highest BCUT2D eigenvalue weighted by atomic mass is 35.5. The monoisotopic (exact) mass is 388 g/mol. The first-order valence-electron chi connectivity index (χ1n) is 8.33. The molecule has 5 nitrogen and oxygen atoms in total. The van der Waals surface area contributed by atoms with Gasteiger partial charge in [-0.1, -0.05) is 23.7 Å². The maximum absolute atomic E-state index is 13.3. The van der Waals surface area contributed by atoms with Crippen LogP contribution in [-0.2, 0) is 14.3 Å². The van der Waals surface area contributed by atoms with Crippen molar-refractivity contribution in [2.45, 2.75) is 6.92 Å². The molecule has 7 heteroatoms. The zero-order valence-corrected chi connectivity index (χ0v) is 15.8. The van der Waals surface area contributed by atoms with Crippen LogP contribution in [0.25, 0.3) is 5.57 Å². The van der Waals surface area contributed by atoms with E-state index in [4.69, 9.17) is 16.3 Å². The fourth-order valence-electron chi connectivity index (χ4n) is 3.28. The highest BCUT2D eigenvalue weighted by molar-refractivity contribution is 7.11. The molecule has 1 aromatic heterocycles. The van der Waals surface area contributed by atoms with Gasteiger partial charge in [-0.25, -0.2) is 4.90 Å².